The second-order valence-corrected chi connectivity index (χ2v) is 5.48. The highest BCUT2D eigenvalue weighted by Gasteiger charge is 2.31. The van der Waals surface area contributed by atoms with Gasteiger partial charge >= 0.3 is 0 Å². The summed E-state index contributed by atoms with van der Waals surface area (Å²) in [4.78, 5) is 12.2. The third-order valence-electron chi connectivity index (χ3n) is 3.94. The number of aryl methyl sites for hydroxylation is 1. The number of nitrogens with one attached hydrogen (secondary N) is 1. The fourth-order valence-electron chi connectivity index (χ4n) is 2.63. The van der Waals surface area contributed by atoms with E-state index in [1.807, 2.05) is 36.9 Å². The third kappa shape index (κ3) is 3.43. The lowest BCUT2D eigenvalue weighted by molar-refractivity contribution is 0.0340. The normalized spacial score (nSPS) is 20.8. The molecule has 2 aromatic heterocycles. The molecule has 0 unspecified atom stereocenters. The number of nitrogens with zero attached hydrogens (tertiary/aromatic N) is 4. The van der Waals surface area contributed by atoms with Crippen LogP contribution in [-0.2, 0) is 23.1 Å². The molecule has 124 valence electrons. The van der Waals surface area contributed by atoms with Crippen molar-refractivity contribution in [1.29, 1.82) is 0 Å². The van der Waals surface area contributed by atoms with Crippen molar-refractivity contribution in [3.63, 3.8) is 0 Å². The fourth-order valence-corrected chi connectivity index (χ4v) is 2.63. The first kappa shape index (κ1) is 15.7. The largest absolute Gasteiger partial charge is 0.376 e. The number of carbonyl (C=O) groups excluding carboxylic acids is 1. The summed E-state index contributed by atoms with van der Waals surface area (Å²) in [6.07, 6.45) is 3.53. The van der Waals surface area contributed by atoms with E-state index < -0.39 is 0 Å². The molecule has 23 heavy (non-hydrogen) atoms. The predicted molar refractivity (Wildman–Crippen MR) is 81.9 cm³/mol. The van der Waals surface area contributed by atoms with Crippen LogP contribution in [0.25, 0.3) is 0 Å². The van der Waals surface area contributed by atoms with Gasteiger partial charge in [0.25, 0.3) is 5.91 Å². The van der Waals surface area contributed by atoms with Crippen molar-refractivity contribution in [2.24, 2.45) is 7.05 Å². The lowest BCUT2D eigenvalue weighted by Gasteiger charge is -2.16. The van der Waals surface area contributed by atoms with E-state index in [1.165, 1.54) is 0 Å². The van der Waals surface area contributed by atoms with Gasteiger partial charge < -0.3 is 19.4 Å². The molecule has 0 radical (unpaired) electrons. The second kappa shape index (κ2) is 6.93. The highest BCUT2D eigenvalue weighted by molar-refractivity contribution is 5.91. The maximum Gasteiger partial charge on any atom is 0.273 e. The molecule has 1 aliphatic rings. The van der Waals surface area contributed by atoms with Crippen molar-refractivity contribution in [3.05, 3.63) is 35.9 Å². The van der Waals surface area contributed by atoms with Gasteiger partial charge in [0.05, 0.1) is 26.0 Å². The Morgan fingerprint density at radius 2 is 2.39 bits per heavy atom. The number of rotatable bonds is 6. The summed E-state index contributed by atoms with van der Waals surface area (Å²) < 4.78 is 14.7. The van der Waals surface area contributed by atoms with Crippen molar-refractivity contribution in [3.8, 4) is 0 Å². The summed E-state index contributed by atoms with van der Waals surface area (Å²) in [6.45, 7) is 4.05. The number of carbonyl (C=O) groups is 1. The fraction of sp³-hybridized carbons (Fsp3) is 0.533. The zero-order chi connectivity index (χ0) is 16.2. The van der Waals surface area contributed by atoms with Crippen LogP contribution in [0.15, 0.2) is 24.5 Å². The van der Waals surface area contributed by atoms with Crippen molar-refractivity contribution in [2.75, 3.05) is 19.8 Å². The van der Waals surface area contributed by atoms with Gasteiger partial charge in [-0.3, -0.25) is 4.79 Å². The standard InChI is InChI=1S/C15H21N5O3/c1-3-23-14-10-22-9-13(14)20-8-12(17-18-20)15(21)16-7-11-5-4-6-19(11)2/h4-6,8,13-14H,3,7,9-10H2,1-2H3,(H,16,21)/t13-,14-/m1/s1. The van der Waals surface area contributed by atoms with Crippen LogP contribution in [0.3, 0.4) is 0 Å². The van der Waals surface area contributed by atoms with Crippen LogP contribution < -0.4 is 5.32 Å². The molecule has 8 heteroatoms. The molecule has 0 aromatic carbocycles. The van der Waals surface area contributed by atoms with Gasteiger partial charge in [-0.05, 0) is 19.1 Å². The Labute approximate surface area is 134 Å². The minimum absolute atomic E-state index is 0.0446. The number of hydrogen-bond donors (Lipinski definition) is 1. The van der Waals surface area contributed by atoms with E-state index in [0.717, 1.165) is 5.69 Å². The average molecular weight is 319 g/mol. The van der Waals surface area contributed by atoms with Gasteiger partial charge in [-0.1, -0.05) is 5.21 Å². The minimum atomic E-state index is -0.246. The van der Waals surface area contributed by atoms with E-state index in [4.69, 9.17) is 9.47 Å². The summed E-state index contributed by atoms with van der Waals surface area (Å²) in [6, 6.07) is 3.85. The van der Waals surface area contributed by atoms with Crippen LogP contribution >= 0.6 is 0 Å². The van der Waals surface area contributed by atoms with E-state index >= 15 is 0 Å². The number of aromatic nitrogens is 4. The molecule has 0 saturated carbocycles. The second-order valence-electron chi connectivity index (χ2n) is 5.48. The third-order valence-corrected chi connectivity index (χ3v) is 3.94. The highest BCUT2D eigenvalue weighted by Crippen LogP contribution is 2.21. The van der Waals surface area contributed by atoms with Crippen LogP contribution in [0, 0.1) is 0 Å². The zero-order valence-electron chi connectivity index (χ0n) is 13.3. The van der Waals surface area contributed by atoms with Gasteiger partial charge in [0.15, 0.2) is 5.69 Å². The summed E-state index contributed by atoms with van der Waals surface area (Å²) in [5, 5.41) is 10.9. The van der Waals surface area contributed by atoms with E-state index in [2.05, 4.69) is 15.6 Å². The van der Waals surface area contributed by atoms with Crippen LogP contribution in [-0.4, -0.2) is 51.4 Å². The molecule has 2 aromatic rings. The van der Waals surface area contributed by atoms with Crippen LogP contribution in [0.5, 0.6) is 0 Å². The quantitative estimate of drug-likeness (QED) is 0.839. The molecule has 1 saturated heterocycles. The maximum atomic E-state index is 12.2. The average Bonchev–Trinajstić information content (AvgIpc) is 3.25. The van der Waals surface area contributed by atoms with Crippen LogP contribution in [0.2, 0.25) is 0 Å². The smallest absolute Gasteiger partial charge is 0.273 e. The lowest BCUT2D eigenvalue weighted by atomic mass is 10.2. The monoisotopic (exact) mass is 319 g/mol. The van der Waals surface area contributed by atoms with Gasteiger partial charge in [0.1, 0.15) is 12.1 Å². The molecule has 8 nitrogen and oxygen atoms in total. The van der Waals surface area contributed by atoms with E-state index in [0.29, 0.717) is 32.1 Å². The Kier molecular flexibility index (Phi) is 4.73. The molecule has 1 N–H and O–H groups in total. The first-order valence-corrected chi connectivity index (χ1v) is 7.68. The van der Waals surface area contributed by atoms with Crippen LogP contribution in [0.4, 0.5) is 0 Å². The summed E-state index contributed by atoms with van der Waals surface area (Å²) in [7, 11) is 1.94. The first-order chi connectivity index (χ1) is 11.2. The molecule has 0 bridgehead atoms. The summed E-state index contributed by atoms with van der Waals surface area (Å²) >= 11 is 0. The Morgan fingerprint density at radius 3 is 3.13 bits per heavy atom. The van der Waals surface area contributed by atoms with Gasteiger partial charge in [0, 0.05) is 25.5 Å². The summed E-state index contributed by atoms with van der Waals surface area (Å²) in [5.41, 5.74) is 1.31. The topological polar surface area (TPSA) is 83.2 Å². The molecule has 3 heterocycles. The first-order valence-electron chi connectivity index (χ1n) is 7.68. The Hall–Kier alpha value is -2.19. The maximum absolute atomic E-state index is 12.2. The molecule has 1 fully saturated rings. The van der Waals surface area contributed by atoms with Crippen molar-refractivity contribution >= 4 is 5.91 Å². The lowest BCUT2D eigenvalue weighted by Crippen LogP contribution is -2.26. The van der Waals surface area contributed by atoms with E-state index in [9.17, 15) is 4.79 Å². The predicted octanol–water partition coefficient (Wildman–Crippen LogP) is 0.523. The van der Waals surface area contributed by atoms with E-state index in [-0.39, 0.29) is 18.1 Å². The molecule has 1 amide bonds. The summed E-state index contributed by atoms with van der Waals surface area (Å²) in [5.74, 6) is -0.246. The van der Waals surface area contributed by atoms with Gasteiger partial charge in [0.2, 0.25) is 0 Å². The van der Waals surface area contributed by atoms with E-state index in [1.54, 1.807) is 10.9 Å². The van der Waals surface area contributed by atoms with Gasteiger partial charge in [-0.25, -0.2) is 4.68 Å². The molecular formula is C15H21N5O3. The Bertz CT molecular complexity index is 666. The zero-order valence-corrected chi connectivity index (χ0v) is 13.3. The SMILES string of the molecule is CCO[C@@H]1COC[C@H]1n1cc(C(=O)NCc2cccn2C)nn1. The number of ether oxygens (including phenoxy) is 2. The van der Waals surface area contributed by atoms with Crippen molar-refractivity contribution < 1.29 is 14.3 Å². The Morgan fingerprint density at radius 1 is 1.52 bits per heavy atom. The van der Waals surface area contributed by atoms with Gasteiger partial charge in [-0.2, -0.15) is 0 Å². The van der Waals surface area contributed by atoms with Crippen molar-refractivity contribution in [1.82, 2.24) is 24.9 Å². The molecule has 2 atom stereocenters. The number of amides is 1. The molecule has 3 rings (SSSR count). The van der Waals surface area contributed by atoms with Gasteiger partial charge in [-0.15, -0.1) is 5.10 Å². The molecular weight excluding hydrogens is 298 g/mol. The molecule has 0 aliphatic carbocycles. The molecule has 1 aliphatic heterocycles. The number of hydrogen-bond acceptors (Lipinski definition) is 5. The molecule has 0 spiro atoms. The highest BCUT2D eigenvalue weighted by atomic mass is 16.5. The van der Waals surface area contributed by atoms with Crippen molar-refractivity contribution in [2.45, 2.75) is 25.6 Å². The minimum Gasteiger partial charge on any atom is -0.376 e. The van der Waals surface area contributed by atoms with Crippen LogP contribution in [0.1, 0.15) is 29.1 Å². The Balaban J connectivity index is 1.62.